The first-order valence-corrected chi connectivity index (χ1v) is 10.2. The van der Waals surface area contributed by atoms with Gasteiger partial charge in [-0.05, 0) is 48.7 Å². The summed E-state index contributed by atoms with van der Waals surface area (Å²) in [5, 5.41) is 14.9. The number of benzene rings is 1. The minimum Gasteiger partial charge on any atom is -0.494 e. The number of hydrogen-bond acceptors (Lipinski definition) is 7. The second-order valence-electron chi connectivity index (χ2n) is 6.92. The predicted octanol–water partition coefficient (Wildman–Crippen LogP) is 2.26. The van der Waals surface area contributed by atoms with Gasteiger partial charge in [-0.2, -0.15) is 0 Å². The second-order valence-corrected chi connectivity index (χ2v) is 8.23. The van der Waals surface area contributed by atoms with Gasteiger partial charge in [-0.25, -0.2) is 4.68 Å². The number of carbonyl (C=O) groups is 2. The summed E-state index contributed by atoms with van der Waals surface area (Å²) in [6.45, 7) is 2.50. The van der Waals surface area contributed by atoms with Gasteiger partial charge in [-0.3, -0.25) is 9.59 Å². The van der Waals surface area contributed by atoms with E-state index in [9.17, 15) is 9.59 Å². The number of aromatic nitrogens is 4. The summed E-state index contributed by atoms with van der Waals surface area (Å²) < 4.78 is 7.23. The molecule has 28 heavy (non-hydrogen) atoms. The molecule has 1 aromatic carbocycles. The molecule has 4 rings (SSSR count). The van der Waals surface area contributed by atoms with Crippen molar-refractivity contribution in [3.8, 4) is 5.75 Å². The molecule has 1 aromatic heterocycles. The Bertz CT molecular complexity index is 897. The summed E-state index contributed by atoms with van der Waals surface area (Å²) in [5.74, 6) is 0.502. The maximum absolute atomic E-state index is 12.6. The van der Waals surface area contributed by atoms with Crippen molar-refractivity contribution < 1.29 is 14.3 Å². The maximum Gasteiger partial charge on any atom is 0.237 e. The van der Waals surface area contributed by atoms with Crippen molar-refractivity contribution in [3.05, 3.63) is 18.2 Å². The lowest BCUT2D eigenvalue weighted by Gasteiger charge is -2.20. The molecule has 1 aliphatic carbocycles. The molecule has 1 N–H and O–H groups in total. The van der Waals surface area contributed by atoms with Crippen molar-refractivity contribution in [2.45, 2.75) is 49.1 Å². The van der Waals surface area contributed by atoms with Gasteiger partial charge in [-0.15, -0.1) is 5.10 Å². The Kier molecular flexibility index (Phi) is 5.21. The van der Waals surface area contributed by atoms with E-state index >= 15 is 0 Å². The summed E-state index contributed by atoms with van der Waals surface area (Å²) in [5.41, 5.74) is 1.35. The molecule has 2 aliphatic rings. The molecule has 148 valence electrons. The Hall–Kier alpha value is -2.62. The van der Waals surface area contributed by atoms with Gasteiger partial charge >= 0.3 is 0 Å². The Balaban J connectivity index is 1.43. The summed E-state index contributed by atoms with van der Waals surface area (Å²) in [4.78, 5) is 26.3. The third-order valence-electron chi connectivity index (χ3n) is 4.82. The fourth-order valence-electron chi connectivity index (χ4n) is 3.15. The van der Waals surface area contributed by atoms with Crippen molar-refractivity contribution in [1.82, 2.24) is 20.2 Å². The number of nitrogens with zero attached hydrogens (tertiary/aromatic N) is 5. The molecule has 1 atom stereocenters. The number of nitrogens with one attached hydrogen (secondary N) is 1. The number of thioether (sulfide) groups is 1. The Morgan fingerprint density at radius 2 is 2.21 bits per heavy atom. The van der Waals surface area contributed by atoms with Crippen LogP contribution in [0.2, 0.25) is 0 Å². The summed E-state index contributed by atoms with van der Waals surface area (Å²) in [7, 11) is 1.56. The summed E-state index contributed by atoms with van der Waals surface area (Å²) >= 11 is 1.34. The molecule has 2 aromatic rings. The lowest BCUT2D eigenvalue weighted by Crippen LogP contribution is -2.25. The van der Waals surface area contributed by atoms with E-state index in [1.165, 1.54) is 11.8 Å². The first-order chi connectivity index (χ1) is 13.6. The number of rotatable bonds is 7. The highest BCUT2D eigenvalue weighted by Gasteiger charge is 2.29. The maximum atomic E-state index is 12.6. The molecule has 2 amide bonds. The zero-order chi connectivity index (χ0) is 19.7. The van der Waals surface area contributed by atoms with Gasteiger partial charge in [0.1, 0.15) is 5.75 Å². The molecular weight excluding hydrogens is 380 g/mol. The zero-order valence-corrected chi connectivity index (χ0v) is 16.6. The summed E-state index contributed by atoms with van der Waals surface area (Å²) in [6, 6.07) is 5.69. The fraction of sp³-hybridized carbons (Fsp3) is 0.500. The van der Waals surface area contributed by atoms with Crippen LogP contribution < -0.4 is 15.0 Å². The van der Waals surface area contributed by atoms with Crippen LogP contribution in [0.25, 0.3) is 0 Å². The molecule has 1 saturated heterocycles. The third-order valence-corrected chi connectivity index (χ3v) is 5.87. The number of tetrazole rings is 1. The van der Waals surface area contributed by atoms with Crippen LogP contribution in [0.15, 0.2) is 23.4 Å². The van der Waals surface area contributed by atoms with Gasteiger partial charge in [0.25, 0.3) is 0 Å². The van der Waals surface area contributed by atoms with Gasteiger partial charge in [0.05, 0.1) is 24.1 Å². The van der Waals surface area contributed by atoms with Crippen LogP contribution in [-0.4, -0.2) is 50.9 Å². The molecule has 10 heteroatoms. The SMILES string of the molecule is COc1cc(NC(=O)C(C)Sc2nnnn2C2CC2)ccc1N1CCCC1=O. The van der Waals surface area contributed by atoms with Gasteiger partial charge in [0, 0.05) is 24.7 Å². The van der Waals surface area contributed by atoms with Crippen molar-refractivity contribution >= 4 is 35.0 Å². The molecule has 0 bridgehead atoms. The first-order valence-electron chi connectivity index (χ1n) is 9.30. The molecule has 1 unspecified atom stereocenters. The summed E-state index contributed by atoms with van der Waals surface area (Å²) in [6.07, 6.45) is 3.54. The van der Waals surface area contributed by atoms with E-state index in [-0.39, 0.29) is 17.1 Å². The van der Waals surface area contributed by atoms with Crippen molar-refractivity contribution in [2.75, 3.05) is 23.9 Å². The largest absolute Gasteiger partial charge is 0.494 e. The molecular formula is C18H22N6O3S. The van der Waals surface area contributed by atoms with E-state index in [0.29, 0.717) is 35.6 Å². The Morgan fingerprint density at radius 1 is 1.39 bits per heavy atom. The normalized spacial score (nSPS) is 17.6. The Labute approximate surface area is 166 Å². The second kappa shape index (κ2) is 7.78. The molecule has 1 aliphatic heterocycles. The molecule has 0 spiro atoms. The zero-order valence-electron chi connectivity index (χ0n) is 15.8. The van der Waals surface area contributed by atoms with Gasteiger partial charge in [0.2, 0.25) is 17.0 Å². The van der Waals surface area contributed by atoms with Crippen LogP contribution in [0.1, 0.15) is 38.6 Å². The highest BCUT2D eigenvalue weighted by molar-refractivity contribution is 8.00. The molecule has 0 radical (unpaired) electrons. The first kappa shape index (κ1) is 18.7. The Morgan fingerprint density at radius 3 is 2.89 bits per heavy atom. The van der Waals surface area contributed by atoms with Crippen molar-refractivity contribution in [1.29, 1.82) is 0 Å². The standard InChI is InChI=1S/C18H22N6O3S/c1-11(28-18-20-21-22-24(18)13-6-7-13)17(26)19-12-5-8-14(15(10-12)27-2)23-9-3-4-16(23)25/h5,8,10-11,13H,3-4,6-7,9H2,1-2H3,(H,19,26). The highest BCUT2D eigenvalue weighted by Crippen LogP contribution is 2.37. The average Bonchev–Trinajstić information content (AvgIpc) is 3.29. The van der Waals surface area contributed by atoms with Crippen molar-refractivity contribution in [3.63, 3.8) is 0 Å². The number of anilines is 2. The van der Waals surface area contributed by atoms with E-state index in [2.05, 4.69) is 20.8 Å². The topological polar surface area (TPSA) is 102 Å². The van der Waals surface area contributed by atoms with Gasteiger partial charge < -0.3 is 15.0 Å². The van der Waals surface area contributed by atoms with E-state index in [0.717, 1.165) is 24.9 Å². The van der Waals surface area contributed by atoms with E-state index in [1.54, 1.807) is 28.8 Å². The smallest absolute Gasteiger partial charge is 0.237 e. The number of ether oxygens (including phenoxy) is 1. The van der Waals surface area contributed by atoms with E-state index in [1.807, 2.05) is 13.0 Å². The number of methoxy groups -OCH3 is 1. The molecule has 1 saturated carbocycles. The monoisotopic (exact) mass is 402 g/mol. The van der Waals surface area contributed by atoms with E-state index in [4.69, 9.17) is 4.74 Å². The van der Waals surface area contributed by atoms with Crippen LogP contribution in [0.3, 0.4) is 0 Å². The third kappa shape index (κ3) is 3.82. The number of amides is 2. The van der Waals surface area contributed by atoms with Crippen LogP contribution in [-0.2, 0) is 9.59 Å². The van der Waals surface area contributed by atoms with E-state index < -0.39 is 0 Å². The van der Waals surface area contributed by atoms with Gasteiger partial charge in [0.15, 0.2) is 0 Å². The van der Waals surface area contributed by atoms with Crippen LogP contribution >= 0.6 is 11.8 Å². The number of hydrogen-bond donors (Lipinski definition) is 1. The fourth-order valence-corrected chi connectivity index (χ4v) is 4.01. The van der Waals surface area contributed by atoms with Gasteiger partial charge in [-0.1, -0.05) is 11.8 Å². The lowest BCUT2D eigenvalue weighted by molar-refractivity contribution is -0.117. The predicted molar refractivity (Wildman–Crippen MR) is 105 cm³/mol. The lowest BCUT2D eigenvalue weighted by atomic mass is 10.2. The quantitative estimate of drug-likeness (QED) is 0.709. The van der Waals surface area contributed by atoms with Crippen LogP contribution in [0.4, 0.5) is 11.4 Å². The minimum absolute atomic E-state index is 0.0912. The molecule has 2 heterocycles. The molecule has 9 nitrogen and oxygen atoms in total. The number of carbonyl (C=O) groups excluding carboxylic acids is 2. The van der Waals surface area contributed by atoms with Crippen LogP contribution in [0.5, 0.6) is 5.75 Å². The van der Waals surface area contributed by atoms with Crippen molar-refractivity contribution in [2.24, 2.45) is 0 Å². The van der Waals surface area contributed by atoms with Crippen LogP contribution in [0, 0.1) is 0 Å². The average molecular weight is 402 g/mol. The highest BCUT2D eigenvalue weighted by atomic mass is 32.2. The minimum atomic E-state index is -0.366. The molecule has 2 fully saturated rings.